The molecule has 0 saturated carbocycles. The normalized spacial score (nSPS) is 10.2. The molecule has 15 heavy (non-hydrogen) atoms. The highest BCUT2D eigenvalue weighted by Gasteiger charge is 2.01. The Labute approximate surface area is 95.3 Å². The molecule has 0 bridgehead atoms. The van der Waals surface area contributed by atoms with Crippen molar-refractivity contribution in [2.75, 3.05) is 11.1 Å². The van der Waals surface area contributed by atoms with Gasteiger partial charge < -0.3 is 16.0 Å². The lowest BCUT2D eigenvalue weighted by Gasteiger charge is -2.06. The number of nitrogens with two attached hydrogens (primary N) is 1. The van der Waals surface area contributed by atoms with E-state index in [1.807, 2.05) is 6.07 Å². The fourth-order valence-electron chi connectivity index (χ4n) is 1.16. The molecule has 2 aromatic rings. The van der Waals surface area contributed by atoms with Gasteiger partial charge in [0.1, 0.15) is 5.82 Å². The molecule has 5 nitrogen and oxygen atoms in total. The predicted octanol–water partition coefficient (Wildman–Crippen LogP) is 1.76. The Hall–Kier alpha value is -1.56. The van der Waals surface area contributed by atoms with Crippen molar-refractivity contribution in [3.05, 3.63) is 35.0 Å². The van der Waals surface area contributed by atoms with Crippen LogP contribution in [0.2, 0.25) is 0 Å². The van der Waals surface area contributed by atoms with Crippen molar-refractivity contribution in [2.45, 2.75) is 6.54 Å². The summed E-state index contributed by atoms with van der Waals surface area (Å²) in [5, 5.41) is 3.11. The highest BCUT2D eigenvalue weighted by Crippen LogP contribution is 2.19. The third kappa shape index (κ3) is 2.47. The van der Waals surface area contributed by atoms with Crippen LogP contribution in [0.15, 0.2) is 29.3 Å². The van der Waals surface area contributed by atoms with Crippen molar-refractivity contribution < 1.29 is 0 Å². The van der Waals surface area contributed by atoms with E-state index < -0.39 is 0 Å². The van der Waals surface area contributed by atoms with Gasteiger partial charge >= 0.3 is 0 Å². The van der Waals surface area contributed by atoms with Crippen LogP contribution in [0.3, 0.4) is 0 Å². The van der Waals surface area contributed by atoms with Crippen molar-refractivity contribution in [1.82, 2.24) is 15.0 Å². The van der Waals surface area contributed by atoms with Gasteiger partial charge in [0.05, 0.1) is 24.3 Å². The Morgan fingerprint density at radius 1 is 1.47 bits per heavy atom. The number of hydrogen-bond donors (Lipinski definition) is 3. The molecular weight excluding hydrogens is 258 g/mol. The zero-order valence-corrected chi connectivity index (χ0v) is 9.45. The molecule has 2 heterocycles. The summed E-state index contributed by atoms with van der Waals surface area (Å²) in [5.74, 6) is 0.674. The molecule has 78 valence electrons. The molecule has 0 aliphatic heterocycles. The number of anilines is 2. The lowest BCUT2D eigenvalue weighted by atomic mass is 10.4. The minimum Gasteiger partial charge on any atom is -0.396 e. The molecule has 0 saturated heterocycles. The number of nitrogen functional groups attached to an aromatic ring is 1. The van der Waals surface area contributed by atoms with Gasteiger partial charge in [0.25, 0.3) is 0 Å². The third-order valence-electron chi connectivity index (χ3n) is 1.88. The van der Waals surface area contributed by atoms with Crippen LogP contribution in [0.25, 0.3) is 0 Å². The molecule has 0 aliphatic rings. The van der Waals surface area contributed by atoms with Gasteiger partial charge in [-0.25, -0.2) is 9.97 Å². The number of H-pyrrole nitrogens is 1. The van der Waals surface area contributed by atoms with Crippen molar-refractivity contribution in [1.29, 1.82) is 0 Å². The van der Waals surface area contributed by atoms with Gasteiger partial charge in [0.15, 0.2) is 0 Å². The van der Waals surface area contributed by atoms with Gasteiger partial charge in [0, 0.05) is 16.9 Å². The number of hydrogen-bond acceptors (Lipinski definition) is 4. The largest absolute Gasteiger partial charge is 0.396 e. The molecule has 0 radical (unpaired) electrons. The van der Waals surface area contributed by atoms with Crippen LogP contribution in [0.1, 0.15) is 5.69 Å². The highest BCUT2D eigenvalue weighted by molar-refractivity contribution is 9.10. The zero-order chi connectivity index (χ0) is 10.7. The monoisotopic (exact) mass is 267 g/mol. The van der Waals surface area contributed by atoms with E-state index in [2.05, 4.69) is 36.2 Å². The summed E-state index contributed by atoms with van der Waals surface area (Å²) >= 11 is 3.30. The SMILES string of the molecule is Nc1cc(Br)cnc1NCc1cnc[nH]1. The minimum absolute atomic E-state index is 0.615. The quantitative estimate of drug-likeness (QED) is 0.792. The Kier molecular flexibility index (Phi) is 2.86. The van der Waals surface area contributed by atoms with E-state index >= 15 is 0 Å². The molecule has 0 amide bonds. The molecule has 2 rings (SSSR count). The molecule has 2 aromatic heterocycles. The number of rotatable bonds is 3. The number of aromatic nitrogens is 3. The number of nitrogens with zero attached hydrogens (tertiary/aromatic N) is 2. The van der Waals surface area contributed by atoms with E-state index in [0.29, 0.717) is 18.1 Å². The Morgan fingerprint density at radius 2 is 2.33 bits per heavy atom. The molecular formula is C9H10BrN5. The van der Waals surface area contributed by atoms with Gasteiger partial charge in [-0.1, -0.05) is 0 Å². The molecule has 0 spiro atoms. The van der Waals surface area contributed by atoms with Crippen molar-refractivity contribution in [2.24, 2.45) is 0 Å². The van der Waals surface area contributed by atoms with Gasteiger partial charge in [0.2, 0.25) is 0 Å². The zero-order valence-electron chi connectivity index (χ0n) is 7.87. The maximum absolute atomic E-state index is 5.78. The third-order valence-corrected chi connectivity index (χ3v) is 2.32. The number of halogens is 1. The van der Waals surface area contributed by atoms with Crippen LogP contribution in [0, 0.1) is 0 Å². The molecule has 4 N–H and O–H groups in total. The highest BCUT2D eigenvalue weighted by atomic mass is 79.9. The van der Waals surface area contributed by atoms with Crippen LogP contribution in [-0.4, -0.2) is 15.0 Å². The Balaban J connectivity index is 2.05. The average molecular weight is 268 g/mol. The second-order valence-corrected chi connectivity index (χ2v) is 3.94. The molecule has 0 unspecified atom stereocenters. The minimum atomic E-state index is 0.615. The van der Waals surface area contributed by atoms with E-state index in [-0.39, 0.29) is 0 Å². The smallest absolute Gasteiger partial charge is 0.149 e. The van der Waals surface area contributed by atoms with E-state index in [9.17, 15) is 0 Å². The molecule has 0 aliphatic carbocycles. The van der Waals surface area contributed by atoms with Crippen LogP contribution >= 0.6 is 15.9 Å². The van der Waals surface area contributed by atoms with Gasteiger partial charge in [-0.3, -0.25) is 0 Å². The second kappa shape index (κ2) is 4.31. The first-order valence-corrected chi connectivity index (χ1v) is 5.17. The van der Waals surface area contributed by atoms with Gasteiger partial charge in [-0.15, -0.1) is 0 Å². The molecule has 0 aromatic carbocycles. The van der Waals surface area contributed by atoms with Crippen LogP contribution < -0.4 is 11.1 Å². The fourth-order valence-corrected chi connectivity index (χ4v) is 1.51. The van der Waals surface area contributed by atoms with E-state index in [1.54, 1.807) is 18.7 Å². The van der Waals surface area contributed by atoms with Crippen LogP contribution in [0.4, 0.5) is 11.5 Å². The lowest BCUT2D eigenvalue weighted by Crippen LogP contribution is -2.04. The standard InChI is InChI=1S/C9H10BrN5/c10-6-1-8(11)9(13-2-6)14-4-7-3-12-5-15-7/h1-3,5H,4,11H2,(H,12,15)(H,13,14). The average Bonchev–Trinajstić information content (AvgIpc) is 2.69. The van der Waals surface area contributed by atoms with E-state index in [1.165, 1.54) is 0 Å². The van der Waals surface area contributed by atoms with Gasteiger partial charge in [-0.05, 0) is 22.0 Å². The molecule has 0 atom stereocenters. The summed E-state index contributed by atoms with van der Waals surface area (Å²) in [7, 11) is 0. The number of pyridine rings is 1. The maximum atomic E-state index is 5.78. The number of nitrogens with one attached hydrogen (secondary N) is 2. The van der Waals surface area contributed by atoms with Crippen molar-refractivity contribution in [3.8, 4) is 0 Å². The van der Waals surface area contributed by atoms with Crippen LogP contribution in [-0.2, 0) is 6.54 Å². The second-order valence-electron chi connectivity index (χ2n) is 3.02. The number of imidazole rings is 1. The maximum Gasteiger partial charge on any atom is 0.149 e. The predicted molar refractivity (Wildman–Crippen MR) is 62.3 cm³/mol. The van der Waals surface area contributed by atoms with E-state index in [0.717, 1.165) is 10.2 Å². The lowest BCUT2D eigenvalue weighted by molar-refractivity contribution is 1.05. The summed E-state index contributed by atoms with van der Waals surface area (Å²) in [5.41, 5.74) is 7.38. The number of aromatic amines is 1. The molecule has 6 heteroatoms. The summed E-state index contributed by atoms with van der Waals surface area (Å²) in [6.07, 6.45) is 5.09. The first-order chi connectivity index (χ1) is 7.25. The van der Waals surface area contributed by atoms with E-state index in [4.69, 9.17) is 5.73 Å². The first-order valence-electron chi connectivity index (χ1n) is 4.38. The van der Waals surface area contributed by atoms with Crippen LogP contribution in [0.5, 0.6) is 0 Å². The van der Waals surface area contributed by atoms with Gasteiger partial charge in [-0.2, -0.15) is 0 Å². The first kappa shape index (κ1) is 9.97. The van der Waals surface area contributed by atoms with Crippen molar-refractivity contribution in [3.63, 3.8) is 0 Å². The fraction of sp³-hybridized carbons (Fsp3) is 0.111. The van der Waals surface area contributed by atoms with Crippen molar-refractivity contribution >= 4 is 27.4 Å². The summed E-state index contributed by atoms with van der Waals surface area (Å²) in [4.78, 5) is 11.1. The Bertz CT molecular complexity index is 440. The summed E-state index contributed by atoms with van der Waals surface area (Å²) in [6.45, 7) is 0.624. The Morgan fingerprint density at radius 3 is 3.00 bits per heavy atom. The summed E-state index contributed by atoms with van der Waals surface area (Å²) < 4.78 is 0.868. The molecule has 0 fully saturated rings. The summed E-state index contributed by atoms with van der Waals surface area (Å²) in [6, 6.07) is 1.81. The topological polar surface area (TPSA) is 79.6 Å².